The van der Waals surface area contributed by atoms with Crippen molar-refractivity contribution in [3.63, 3.8) is 0 Å². The molecule has 3 rings (SSSR count). The third kappa shape index (κ3) is 3.51. The highest BCUT2D eigenvalue weighted by Gasteiger charge is 2.49. The number of hydrogen-bond donors (Lipinski definition) is 1. The van der Waals surface area contributed by atoms with Crippen molar-refractivity contribution in [3.8, 4) is 0 Å². The second-order valence-corrected chi connectivity index (χ2v) is 7.77. The lowest BCUT2D eigenvalue weighted by atomic mass is 10.1. The van der Waals surface area contributed by atoms with Crippen LogP contribution in [-0.2, 0) is 9.59 Å². The molecule has 1 fully saturated rings. The Balaban J connectivity index is 1.66. The van der Waals surface area contributed by atoms with Gasteiger partial charge in [-0.25, -0.2) is 9.79 Å². The van der Waals surface area contributed by atoms with E-state index in [2.05, 4.69) is 10.3 Å². The van der Waals surface area contributed by atoms with Gasteiger partial charge in [0.05, 0.1) is 5.75 Å². The van der Waals surface area contributed by atoms with E-state index in [9.17, 15) is 14.4 Å². The summed E-state index contributed by atoms with van der Waals surface area (Å²) >= 11 is 1.26. The zero-order valence-electron chi connectivity index (χ0n) is 16.0. The molecule has 0 bridgehead atoms. The molecular weight excluding hydrogens is 366 g/mol. The first-order valence-electron chi connectivity index (χ1n) is 8.55. The number of aryl methyl sites for hydroxylation is 2. The number of urea groups is 1. The first-order valence-corrected chi connectivity index (χ1v) is 9.54. The minimum atomic E-state index is -0.660. The molecule has 0 saturated carbocycles. The van der Waals surface area contributed by atoms with Gasteiger partial charge in [-0.2, -0.15) is 0 Å². The fourth-order valence-corrected chi connectivity index (χ4v) is 4.06. The van der Waals surface area contributed by atoms with Crippen LogP contribution in [0.25, 0.3) is 0 Å². The summed E-state index contributed by atoms with van der Waals surface area (Å²) in [6.45, 7) is 3.91. The Morgan fingerprint density at radius 3 is 2.59 bits per heavy atom. The molecule has 0 spiro atoms. The topological polar surface area (TPSA) is 85.3 Å². The van der Waals surface area contributed by atoms with Gasteiger partial charge in [0, 0.05) is 26.8 Å². The van der Waals surface area contributed by atoms with E-state index in [1.54, 1.807) is 19.0 Å². The number of nitrogens with one attached hydrogen (secondary N) is 1. The van der Waals surface area contributed by atoms with E-state index >= 15 is 0 Å². The highest BCUT2D eigenvalue weighted by Crippen LogP contribution is 2.29. The van der Waals surface area contributed by atoms with Crippen LogP contribution in [0.1, 0.15) is 11.1 Å². The number of amidine groups is 1. The van der Waals surface area contributed by atoms with Gasteiger partial charge in [0.1, 0.15) is 6.17 Å². The normalized spacial score (nSPS) is 22.1. The summed E-state index contributed by atoms with van der Waals surface area (Å²) in [5, 5.41) is 3.48. The number of amides is 4. The highest BCUT2D eigenvalue weighted by molar-refractivity contribution is 8.14. The molecule has 0 radical (unpaired) electrons. The number of imide groups is 1. The van der Waals surface area contributed by atoms with Crippen LogP contribution in [0.3, 0.4) is 0 Å². The molecule has 144 valence electrons. The lowest BCUT2D eigenvalue weighted by molar-refractivity contribution is -0.134. The van der Waals surface area contributed by atoms with E-state index in [-0.39, 0.29) is 23.6 Å². The van der Waals surface area contributed by atoms with Gasteiger partial charge in [0.25, 0.3) is 5.91 Å². The number of thioether (sulfide) groups is 1. The van der Waals surface area contributed by atoms with Crippen LogP contribution in [0.4, 0.5) is 10.5 Å². The Morgan fingerprint density at radius 2 is 1.89 bits per heavy atom. The largest absolute Gasteiger partial charge is 0.331 e. The molecule has 1 N–H and O–H groups in total. The molecule has 9 heteroatoms. The second kappa shape index (κ2) is 7.22. The van der Waals surface area contributed by atoms with Gasteiger partial charge in [0.2, 0.25) is 5.91 Å². The van der Waals surface area contributed by atoms with Gasteiger partial charge in [-0.3, -0.25) is 14.5 Å². The van der Waals surface area contributed by atoms with Crippen molar-refractivity contribution in [1.29, 1.82) is 0 Å². The predicted molar refractivity (Wildman–Crippen MR) is 106 cm³/mol. The minimum Gasteiger partial charge on any atom is -0.331 e. The first kappa shape index (κ1) is 19.2. The summed E-state index contributed by atoms with van der Waals surface area (Å²) in [7, 11) is 4.88. The zero-order valence-corrected chi connectivity index (χ0v) is 16.8. The monoisotopic (exact) mass is 389 g/mol. The quantitative estimate of drug-likeness (QED) is 0.847. The molecule has 2 heterocycles. The molecule has 1 aromatic carbocycles. The number of aliphatic imine (C=N–C) groups is 1. The molecule has 8 nitrogen and oxygen atoms in total. The van der Waals surface area contributed by atoms with Crippen molar-refractivity contribution < 1.29 is 14.4 Å². The summed E-state index contributed by atoms with van der Waals surface area (Å²) in [6.07, 6.45) is -0.453. The zero-order chi connectivity index (χ0) is 19.9. The number of carbonyl (C=O) groups excluding carboxylic acids is 3. The number of rotatable bonds is 3. The fourth-order valence-electron chi connectivity index (χ4n) is 3.22. The average Bonchev–Trinajstić information content (AvgIpc) is 2.96. The van der Waals surface area contributed by atoms with E-state index in [0.717, 1.165) is 21.7 Å². The maximum absolute atomic E-state index is 12.4. The SMILES string of the molecule is Cc1ccc(C)c(NC(=O)CSC2=N[C@@H]3C(=O)N(C)C(=O)N(C)[C@@H]3N2C)c1. The summed E-state index contributed by atoms with van der Waals surface area (Å²) in [4.78, 5) is 45.7. The number of hydrogen-bond acceptors (Lipinski definition) is 6. The molecule has 2 atom stereocenters. The van der Waals surface area contributed by atoms with E-state index in [0.29, 0.717) is 5.17 Å². The smallest absolute Gasteiger partial charge is 0.327 e. The van der Waals surface area contributed by atoms with Crippen LogP contribution in [0.15, 0.2) is 23.2 Å². The van der Waals surface area contributed by atoms with Gasteiger partial charge in [-0.1, -0.05) is 23.9 Å². The van der Waals surface area contributed by atoms with Crippen molar-refractivity contribution in [3.05, 3.63) is 29.3 Å². The van der Waals surface area contributed by atoms with Crippen molar-refractivity contribution in [1.82, 2.24) is 14.7 Å². The molecule has 0 aliphatic carbocycles. The second-order valence-electron chi connectivity index (χ2n) is 6.83. The Labute approximate surface area is 162 Å². The molecule has 2 aliphatic heterocycles. The number of fused-ring (bicyclic) bond motifs is 1. The Bertz CT molecular complexity index is 840. The van der Waals surface area contributed by atoms with Gasteiger partial charge in [-0.05, 0) is 31.0 Å². The number of nitrogens with zero attached hydrogens (tertiary/aromatic N) is 4. The van der Waals surface area contributed by atoms with Crippen molar-refractivity contribution in [2.75, 3.05) is 32.2 Å². The third-order valence-corrected chi connectivity index (χ3v) is 5.86. The van der Waals surface area contributed by atoms with Crippen LogP contribution in [0, 0.1) is 13.8 Å². The van der Waals surface area contributed by atoms with Gasteiger partial charge in [-0.15, -0.1) is 0 Å². The van der Waals surface area contributed by atoms with E-state index < -0.39 is 12.2 Å². The van der Waals surface area contributed by atoms with Gasteiger partial charge >= 0.3 is 6.03 Å². The van der Waals surface area contributed by atoms with Gasteiger partial charge in [0.15, 0.2) is 11.2 Å². The van der Waals surface area contributed by atoms with E-state index in [4.69, 9.17) is 0 Å². The minimum absolute atomic E-state index is 0.146. The Morgan fingerprint density at radius 1 is 1.19 bits per heavy atom. The van der Waals surface area contributed by atoms with Crippen LogP contribution in [0.2, 0.25) is 0 Å². The Hall–Kier alpha value is -2.55. The number of likely N-dealkylation sites (N-methyl/N-ethyl adjacent to an activating group) is 3. The lowest BCUT2D eigenvalue weighted by Gasteiger charge is -2.40. The Kier molecular flexibility index (Phi) is 5.14. The predicted octanol–water partition coefficient (Wildman–Crippen LogP) is 1.50. The van der Waals surface area contributed by atoms with Crippen LogP contribution in [-0.4, -0.2) is 76.8 Å². The lowest BCUT2D eigenvalue weighted by Crippen LogP contribution is -2.63. The summed E-state index contributed by atoms with van der Waals surface area (Å²) < 4.78 is 0. The van der Waals surface area contributed by atoms with Crippen LogP contribution < -0.4 is 5.32 Å². The van der Waals surface area contributed by atoms with Crippen molar-refractivity contribution >= 4 is 40.5 Å². The van der Waals surface area contributed by atoms with Crippen LogP contribution in [0.5, 0.6) is 0 Å². The molecule has 1 saturated heterocycles. The average molecular weight is 389 g/mol. The number of carbonyl (C=O) groups is 3. The van der Waals surface area contributed by atoms with Crippen molar-refractivity contribution in [2.24, 2.45) is 4.99 Å². The van der Waals surface area contributed by atoms with Gasteiger partial charge < -0.3 is 15.1 Å². The molecule has 2 aliphatic rings. The standard InChI is InChI=1S/C18H23N5O3S/c1-10-6-7-11(2)12(8-10)19-13(24)9-27-17-20-14-15(21(17)3)22(4)18(26)23(5)16(14)25/h6-8,14-15H,9H2,1-5H3,(H,19,24)/t14-,15-/m0/s1. The summed E-state index contributed by atoms with van der Waals surface area (Å²) in [5.41, 5.74) is 2.86. The van der Waals surface area contributed by atoms with E-state index in [1.165, 1.54) is 23.7 Å². The molecule has 0 unspecified atom stereocenters. The number of benzene rings is 1. The third-order valence-electron chi connectivity index (χ3n) is 4.80. The number of anilines is 1. The summed E-state index contributed by atoms with van der Waals surface area (Å²) in [6, 6.07) is 4.87. The fraction of sp³-hybridized carbons (Fsp3) is 0.444. The molecule has 1 aromatic rings. The highest BCUT2D eigenvalue weighted by atomic mass is 32.2. The van der Waals surface area contributed by atoms with Crippen molar-refractivity contribution in [2.45, 2.75) is 26.1 Å². The first-order chi connectivity index (χ1) is 12.7. The van der Waals surface area contributed by atoms with E-state index in [1.807, 2.05) is 32.0 Å². The molecule has 4 amide bonds. The molecule has 27 heavy (non-hydrogen) atoms. The van der Waals surface area contributed by atoms with Crippen LogP contribution >= 0.6 is 11.8 Å². The molecule has 0 aromatic heterocycles. The maximum atomic E-state index is 12.4. The summed E-state index contributed by atoms with van der Waals surface area (Å²) in [5.74, 6) is -0.310. The molecular formula is C18H23N5O3S. The maximum Gasteiger partial charge on any atom is 0.327 e.